The van der Waals surface area contributed by atoms with Crippen LogP contribution in [-0.2, 0) is 10.0 Å². The van der Waals surface area contributed by atoms with Gasteiger partial charge in [-0.3, -0.25) is 0 Å². The summed E-state index contributed by atoms with van der Waals surface area (Å²) in [6, 6.07) is 3.17. The quantitative estimate of drug-likeness (QED) is 0.844. The first kappa shape index (κ1) is 12.4. The van der Waals surface area contributed by atoms with E-state index in [2.05, 4.69) is 9.71 Å². The van der Waals surface area contributed by atoms with Crippen molar-refractivity contribution >= 4 is 21.6 Å². The molecule has 4 nitrogen and oxygen atoms in total. The fourth-order valence-electron chi connectivity index (χ4n) is 2.30. The van der Waals surface area contributed by atoms with Crippen molar-refractivity contribution in [1.82, 2.24) is 9.71 Å². The summed E-state index contributed by atoms with van der Waals surface area (Å²) in [6.45, 7) is 0. The van der Waals surface area contributed by atoms with Crippen molar-refractivity contribution in [3.05, 3.63) is 23.5 Å². The minimum atomic E-state index is -3.54. The predicted octanol–water partition coefficient (Wildman–Crippen LogP) is 2.20. The Bertz CT molecular complexity index is 541. The Balaban J connectivity index is 1.83. The third-order valence-electron chi connectivity index (χ3n) is 3.57. The first-order valence-corrected chi connectivity index (χ1v) is 8.07. The maximum absolute atomic E-state index is 12.3. The van der Waals surface area contributed by atoms with Crippen LogP contribution in [0.1, 0.15) is 25.7 Å². The molecule has 98 valence electrons. The van der Waals surface area contributed by atoms with E-state index >= 15 is 0 Å². The molecule has 0 aliphatic heterocycles. The molecule has 0 aromatic carbocycles. The molecule has 0 unspecified atom stereocenters. The zero-order valence-corrected chi connectivity index (χ0v) is 11.4. The lowest BCUT2D eigenvalue weighted by Gasteiger charge is -2.17. The van der Waals surface area contributed by atoms with Gasteiger partial charge in [0.1, 0.15) is 10.0 Å². The Kier molecular flexibility index (Phi) is 3.08. The third-order valence-corrected chi connectivity index (χ3v) is 5.47. The maximum Gasteiger partial charge on any atom is 0.243 e. The molecule has 2 aliphatic carbocycles. The monoisotopic (exact) mass is 286 g/mol. The molecule has 18 heavy (non-hydrogen) atoms. The van der Waals surface area contributed by atoms with Gasteiger partial charge in [-0.05, 0) is 49.7 Å². The molecule has 0 bridgehead atoms. The molecule has 2 fully saturated rings. The molecule has 1 N–H and O–H groups in total. The van der Waals surface area contributed by atoms with Gasteiger partial charge >= 0.3 is 0 Å². The van der Waals surface area contributed by atoms with E-state index in [1.807, 2.05) is 0 Å². The fraction of sp³-hybridized carbons (Fsp3) is 0.583. The number of hydrogen-bond donors (Lipinski definition) is 1. The van der Waals surface area contributed by atoms with Crippen LogP contribution in [0.5, 0.6) is 0 Å². The van der Waals surface area contributed by atoms with Gasteiger partial charge in [0.05, 0.1) is 0 Å². The van der Waals surface area contributed by atoms with Crippen LogP contribution in [0.3, 0.4) is 0 Å². The van der Waals surface area contributed by atoms with Crippen LogP contribution in [0.2, 0.25) is 5.15 Å². The van der Waals surface area contributed by atoms with Crippen LogP contribution < -0.4 is 4.72 Å². The first-order valence-electron chi connectivity index (χ1n) is 6.21. The minimum Gasteiger partial charge on any atom is -0.243 e. The maximum atomic E-state index is 12.3. The highest BCUT2D eigenvalue weighted by Crippen LogP contribution is 2.45. The van der Waals surface area contributed by atoms with Crippen LogP contribution in [0.4, 0.5) is 0 Å². The second kappa shape index (κ2) is 4.47. The molecule has 1 aromatic rings. The summed E-state index contributed by atoms with van der Waals surface area (Å²) in [5.41, 5.74) is 0. The number of halogens is 1. The average Bonchev–Trinajstić information content (AvgIpc) is 3.17. The van der Waals surface area contributed by atoms with E-state index in [1.54, 1.807) is 6.07 Å². The number of rotatable bonds is 5. The van der Waals surface area contributed by atoms with Crippen LogP contribution in [-0.4, -0.2) is 19.4 Å². The number of sulfonamides is 1. The van der Waals surface area contributed by atoms with Crippen LogP contribution in [0.25, 0.3) is 0 Å². The van der Waals surface area contributed by atoms with Crippen molar-refractivity contribution in [3.8, 4) is 0 Å². The molecule has 1 aromatic heterocycles. The Morgan fingerprint density at radius 2 is 1.89 bits per heavy atom. The number of hydrogen-bond acceptors (Lipinski definition) is 3. The van der Waals surface area contributed by atoms with E-state index in [0.29, 0.717) is 11.8 Å². The van der Waals surface area contributed by atoms with Crippen molar-refractivity contribution in [2.24, 2.45) is 11.8 Å². The van der Waals surface area contributed by atoms with Gasteiger partial charge in [0, 0.05) is 12.2 Å². The molecule has 0 atom stereocenters. The van der Waals surface area contributed by atoms with E-state index in [1.165, 1.54) is 12.3 Å². The number of pyridine rings is 1. The molecule has 1 heterocycles. The molecule has 6 heteroatoms. The highest BCUT2D eigenvalue weighted by atomic mass is 35.5. The Morgan fingerprint density at radius 1 is 1.28 bits per heavy atom. The average molecular weight is 287 g/mol. The zero-order valence-electron chi connectivity index (χ0n) is 9.84. The van der Waals surface area contributed by atoms with Crippen molar-refractivity contribution in [3.63, 3.8) is 0 Å². The molecule has 0 amide bonds. The third kappa shape index (κ3) is 2.53. The topological polar surface area (TPSA) is 59.1 Å². The van der Waals surface area contributed by atoms with Crippen LogP contribution in [0, 0.1) is 11.8 Å². The van der Waals surface area contributed by atoms with Crippen molar-refractivity contribution in [2.75, 3.05) is 0 Å². The van der Waals surface area contributed by atoms with E-state index in [9.17, 15) is 8.42 Å². The molecule has 0 radical (unpaired) electrons. The standard InChI is InChI=1S/C12H15ClN2O2S/c13-12-10(2-1-7-14-12)18(16,17)15-11(8-3-4-8)9-5-6-9/h1-2,7-9,11,15H,3-6H2. The summed E-state index contributed by atoms with van der Waals surface area (Å²) >= 11 is 5.85. The molecular formula is C12H15ClN2O2S. The van der Waals surface area contributed by atoms with Crippen LogP contribution >= 0.6 is 11.6 Å². The summed E-state index contributed by atoms with van der Waals surface area (Å²) in [7, 11) is -3.54. The van der Waals surface area contributed by atoms with E-state index in [4.69, 9.17) is 11.6 Å². The van der Waals surface area contributed by atoms with E-state index in [-0.39, 0.29) is 16.1 Å². The highest BCUT2D eigenvalue weighted by Gasteiger charge is 2.43. The van der Waals surface area contributed by atoms with Crippen molar-refractivity contribution in [2.45, 2.75) is 36.6 Å². The second-order valence-corrected chi connectivity index (χ2v) is 7.15. The molecular weight excluding hydrogens is 272 g/mol. The van der Waals surface area contributed by atoms with Crippen molar-refractivity contribution < 1.29 is 8.42 Å². The summed E-state index contributed by atoms with van der Waals surface area (Å²) in [4.78, 5) is 3.90. The number of nitrogens with zero attached hydrogens (tertiary/aromatic N) is 1. The fourth-order valence-corrected chi connectivity index (χ4v) is 4.13. The van der Waals surface area contributed by atoms with Gasteiger partial charge in [-0.15, -0.1) is 0 Å². The Morgan fingerprint density at radius 3 is 2.39 bits per heavy atom. The van der Waals surface area contributed by atoms with Gasteiger partial charge in [0.2, 0.25) is 10.0 Å². The van der Waals surface area contributed by atoms with Gasteiger partial charge in [0.15, 0.2) is 0 Å². The smallest absolute Gasteiger partial charge is 0.243 e. The van der Waals surface area contributed by atoms with Gasteiger partial charge < -0.3 is 0 Å². The molecule has 2 aliphatic rings. The summed E-state index contributed by atoms with van der Waals surface area (Å²) in [5, 5.41) is 0.0374. The van der Waals surface area contributed by atoms with Gasteiger partial charge in [-0.2, -0.15) is 0 Å². The van der Waals surface area contributed by atoms with Crippen molar-refractivity contribution in [1.29, 1.82) is 0 Å². The summed E-state index contributed by atoms with van der Waals surface area (Å²) in [5.74, 6) is 1.03. The summed E-state index contributed by atoms with van der Waals surface area (Å²) in [6.07, 6.45) is 6.00. The summed E-state index contributed by atoms with van der Waals surface area (Å²) < 4.78 is 27.4. The highest BCUT2D eigenvalue weighted by molar-refractivity contribution is 7.89. The van der Waals surface area contributed by atoms with E-state index in [0.717, 1.165) is 25.7 Å². The Labute approximate surface area is 112 Å². The Hall–Kier alpha value is -0.650. The minimum absolute atomic E-state index is 0.0374. The zero-order chi connectivity index (χ0) is 12.8. The van der Waals surface area contributed by atoms with Gasteiger partial charge in [-0.25, -0.2) is 18.1 Å². The lowest BCUT2D eigenvalue weighted by Crippen LogP contribution is -2.38. The molecule has 3 rings (SSSR count). The van der Waals surface area contributed by atoms with E-state index < -0.39 is 10.0 Å². The number of nitrogens with one attached hydrogen (secondary N) is 1. The molecule has 2 saturated carbocycles. The predicted molar refractivity (Wildman–Crippen MR) is 68.8 cm³/mol. The lowest BCUT2D eigenvalue weighted by molar-refractivity contribution is 0.471. The first-order chi connectivity index (χ1) is 8.58. The molecule has 0 spiro atoms. The van der Waals surface area contributed by atoms with Crippen LogP contribution in [0.15, 0.2) is 23.2 Å². The number of aromatic nitrogens is 1. The van der Waals surface area contributed by atoms with Gasteiger partial charge in [0.25, 0.3) is 0 Å². The lowest BCUT2D eigenvalue weighted by atomic mass is 10.1. The SMILES string of the molecule is O=S(=O)(NC(C1CC1)C1CC1)c1cccnc1Cl. The normalized spacial score (nSPS) is 20.3. The second-order valence-electron chi connectivity index (χ2n) is 5.11. The molecule has 0 saturated heterocycles. The largest absolute Gasteiger partial charge is 0.243 e. The van der Waals surface area contributed by atoms with Gasteiger partial charge in [-0.1, -0.05) is 11.6 Å².